The van der Waals surface area contributed by atoms with Crippen molar-refractivity contribution in [1.29, 1.82) is 0 Å². The highest BCUT2D eigenvalue weighted by atomic mass is 16.4. The summed E-state index contributed by atoms with van der Waals surface area (Å²) >= 11 is 0. The zero-order valence-electron chi connectivity index (χ0n) is 10.9. The Hall–Kier alpha value is -2.15. The molecule has 0 saturated heterocycles. The van der Waals surface area contributed by atoms with Crippen molar-refractivity contribution in [1.82, 2.24) is 14.6 Å². The number of aliphatic hydroxyl groups is 1. The summed E-state index contributed by atoms with van der Waals surface area (Å²) < 4.78 is 1.42. The number of aromatic carboxylic acids is 1. The molecule has 20 heavy (non-hydrogen) atoms. The highest BCUT2D eigenvalue weighted by Crippen LogP contribution is 2.22. The average Bonchev–Trinajstić information content (AvgIpc) is 2.84. The van der Waals surface area contributed by atoms with Gasteiger partial charge in [-0.1, -0.05) is 12.8 Å². The van der Waals surface area contributed by atoms with Gasteiger partial charge >= 0.3 is 5.97 Å². The first-order valence-corrected chi connectivity index (χ1v) is 6.67. The molecule has 1 aliphatic carbocycles. The summed E-state index contributed by atoms with van der Waals surface area (Å²) in [6, 6.07) is 1.70. The van der Waals surface area contributed by atoms with Crippen LogP contribution in [0.3, 0.4) is 0 Å². The third-order valence-corrected chi connectivity index (χ3v) is 3.66. The molecular weight excluding hydrogens is 260 g/mol. The number of fused-ring (bicyclic) bond motifs is 1. The fourth-order valence-electron chi connectivity index (χ4n) is 2.57. The zero-order chi connectivity index (χ0) is 14.1. The summed E-state index contributed by atoms with van der Waals surface area (Å²) in [6.07, 6.45) is 6.34. The van der Waals surface area contributed by atoms with Crippen LogP contribution in [0.4, 0.5) is 5.82 Å². The molecule has 2 aromatic rings. The average molecular weight is 276 g/mol. The molecule has 0 radical (unpaired) electrons. The molecule has 1 fully saturated rings. The SMILES string of the molecule is O=C(O)c1cnn2ccc(N[C@@H]3CCCC[C@@H]3O)nc12. The molecule has 0 aromatic carbocycles. The van der Waals surface area contributed by atoms with Crippen molar-refractivity contribution in [2.24, 2.45) is 0 Å². The summed E-state index contributed by atoms with van der Waals surface area (Å²) in [5.74, 6) is -0.492. The van der Waals surface area contributed by atoms with E-state index in [4.69, 9.17) is 5.11 Å². The van der Waals surface area contributed by atoms with E-state index in [1.165, 1.54) is 10.7 Å². The van der Waals surface area contributed by atoms with Crippen molar-refractivity contribution in [3.05, 3.63) is 24.0 Å². The Bertz CT molecular complexity index is 640. The van der Waals surface area contributed by atoms with E-state index in [-0.39, 0.29) is 17.7 Å². The van der Waals surface area contributed by atoms with Crippen molar-refractivity contribution in [2.45, 2.75) is 37.8 Å². The maximum absolute atomic E-state index is 11.1. The Morgan fingerprint density at radius 3 is 2.95 bits per heavy atom. The molecule has 3 rings (SSSR count). The van der Waals surface area contributed by atoms with E-state index in [0.29, 0.717) is 11.5 Å². The molecule has 0 aliphatic heterocycles. The second kappa shape index (κ2) is 5.09. The lowest BCUT2D eigenvalue weighted by Gasteiger charge is -2.28. The number of aromatic nitrogens is 3. The van der Waals surface area contributed by atoms with E-state index in [1.807, 2.05) is 0 Å². The second-order valence-electron chi connectivity index (χ2n) is 5.05. The Morgan fingerprint density at radius 2 is 2.20 bits per heavy atom. The highest BCUT2D eigenvalue weighted by molar-refractivity contribution is 5.94. The van der Waals surface area contributed by atoms with E-state index in [2.05, 4.69) is 15.4 Å². The van der Waals surface area contributed by atoms with Gasteiger partial charge in [-0.25, -0.2) is 14.3 Å². The van der Waals surface area contributed by atoms with Crippen molar-refractivity contribution in [3.63, 3.8) is 0 Å². The van der Waals surface area contributed by atoms with E-state index < -0.39 is 5.97 Å². The molecule has 3 N–H and O–H groups in total. The number of nitrogens with one attached hydrogen (secondary N) is 1. The van der Waals surface area contributed by atoms with E-state index >= 15 is 0 Å². The fourth-order valence-corrected chi connectivity index (χ4v) is 2.57. The number of nitrogens with zero attached hydrogens (tertiary/aromatic N) is 3. The van der Waals surface area contributed by atoms with Crippen LogP contribution in [0.15, 0.2) is 18.5 Å². The van der Waals surface area contributed by atoms with Gasteiger partial charge in [0.2, 0.25) is 0 Å². The summed E-state index contributed by atoms with van der Waals surface area (Å²) in [5, 5.41) is 26.1. The number of hydrogen-bond donors (Lipinski definition) is 3. The topological polar surface area (TPSA) is 99.8 Å². The number of rotatable bonds is 3. The minimum atomic E-state index is -1.05. The fraction of sp³-hybridized carbons (Fsp3) is 0.462. The third-order valence-electron chi connectivity index (χ3n) is 3.66. The van der Waals surface area contributed by atoms with Gasteiger partial charge in [0.1, 0.15) is 11.4 Å². The smallest absolute Gasteiger partial charge is 0.341 e. The molecule has 7 heteroatoms. The first-order valence-electron chi connectivity index (χ1n) is 6.67. The van der Waals surface area contributed by atoms with E-state index in [9.17, 15) is 9.90 Å². The Labute approximate surface area is 115 Å². The minimum Gasteiger partial charge on any atom is -0.477 e. The zero-order valence-corrected chi connectivity index (χ0v) is 10.9. The lowest BCUT2D eigenvalue weighted by atomic mass is 9.93. The van der Waals surface area contributed by atoms with Crippen LogP contribution in [0.5, 0.6) is 0 Å². The van der Waals surface area contributed by atoms with Gasteiger partial charge in [0.05, 0.1) is 18.3 Å². The number of carboxylic acids is 1. The lowest BCUT2D eigenvalue weighted by Crippen LogP contribution is -2.36. The molecule has 0 spiro atoms. The molecule has 0 unspecified atom stereocenters. The van der Waals surface area contributed by atoms with Gasteiger partial charge in [-0.2, -0.15) is 5.10 Å². The quantitative estimate of drug-likeness (QED) is 0.777. The lowest BCUT2D eigenvalue weighted by molar-refractivity contribution is 0.0698. The van der Waals surface area contributed by atoms with Crippen LogP contribution in [0.1, 0.15) is 36.0 Å². The van der Waals surface area contributed by atoms with Gasteiger partial charge in [0.25, 0.3) is 0 Å². The van der Waals surface area contributed by atoms with Crippen LogP contribution < -0.4 is 5.32 Å². The van der Waals surface area contributed by atoms with Crippen LogP contribution in [0.2, 0.25) is 0 Å². The van der Waals surface area contributed by atoms with Crippen molar-refractivity contribution in [2.75, 3.05) is 5.32 Å². The molecule has 1 saturated carbocycles. The number of carboxylic acid groups (broad SMARTS) is 1. The monoisotopic (exact) mass is 276 g/mol. The highest BCUT2D eigenvalue weighted by Gasteiger charge is 2.23. The molecule has 0 bridgehead atoms. The van der Waals surface area contributed by atoms with Gasteiger partial charge in [-0.05, 0) is 18.9 Å². The van der Waals surface area contributed by atoms with Crippen LogP contribution in [-0.2, 0) is 0 Å². The number of anilines is 1. The van der Waals surface area contributed by atoms with Crippen LogP contribution in [0, 0.1) is 0 Å². The first-order chi connectivity index (χ1) is 9.65. The summed E-state index contributed by atoms with van der Waals surface area (Å²) in [4.78, 5) is 15.4. The number of carbonyl (C=O) groups is 1. The predicted molar refractivity (Wildman–Crippen MR) is 71.8 cm³/mol. The van der Waals surface area contributed by atoms with Gasteiger partial charge in [-0.3, -0.25) is 0 Å². The first kappa shape index (κ1) is 12.9. The van der Waals surface area contributed by atoms with Crippen LogP contribution in [-0.4, -0.2) is 42.9 Å². The maximum atomic E-state index is 11.1. The standard InChI is InChI=1S/C13H16N4O3/c18-10-4-2-1-3-9(10)15-11-5-6-17-12(16-11)8(7-14-17)13(19)20/h5-7,9-10,18H,1-4H2,(H,15,16)(H,19,20)/t9-,10+/m1/s1. The molecule has 106 valence electrons. The van der Waals surface area contributed by atoms with Crippen molar-refractivity contribution < 1.29 is 15.0 Å². The molecule has 1 aliphatic rings. The molecule has 2 aromatic heterocycles. The minimum absolute atomic E-state index is 0.0325. The van der Waals surface area contributed by atoms with Gasteiger partial charge in [-0.15, -0.1) is 0 Å². The Kier molecular flexibility index (Phi) is 3.27. The molecule has 2 heterocycles. The molecule has 2 atom stereocenters. The normalized spacial score (nSPS) is 22.9. The van der Waals surface area contributed by atoms with Gasteiger partial charge < -0.3 is 15.5 Å². The molecule has 7 nitrogen and oxygen atoms in total. The predicted octanol–water partition coefficient (Wildman–Crippen LogP) is 1.14. The third kappa shape index (κ3) is 2.32. The molecule has 0 amide bonds. The van der Waals surface area contributed by atoms with E-state index in [1.54, 1.807) is 12.3 Å². The van der Waals surface area contributed by atoms with Crippen LogP contribution >= 0.6 is 0 Å². The Balaban J connectivity index is 1.88. The van der Waals surface area contributed by atoms with E-state index in [0.717, 1.165) is 25.7 Å². The van der Waals surface area contributed by atoms with Gasteiger partial charge in [0, 0.05) is 6.20 Å². The summed E-state index contributed by atoms with van der Waals surface area (Å²) in [5.41, 5.74) is 0.366. The molecular formula is C13H16N4O3. The second-order valence-corrected chi connectivity index (χ2v) is 5.05. The summed E-state index contributed by atoms with van der Waals surface area (Å²) in [7, 11) is 0. The number of hydrogen-bond acceptors (Lipinski definition) is 5. The maximum Gasteiger partial charge on any atom is 0.341 e. The largest absolute Gasteiger partial charge is 0.477 e. The van der Waals surface area contributed by atoms with Gasteiger partial charge in [0.15, 0.2) is 5.65 Å². The van der Waals surface area contributed by atoms with Crippen LogP contribution in [0.25, 0.3) is 5.65 Å². The van der Waals surface area contributed by atoms with Crippen molar-refractivity contribution >= 4 is 17.4 Å². The number of aliphatic hydroxyl groups excluding tert-OH is 1. The van der Waals surface area contributed by atoms with Crippen molar-refractivity contribution in [3.8, 4) is 0 Å². The Morgan fingerprint density at radius 1 is 1.40 bits per heavy atom. The summed E-state index contributed by atoms with van der Waals surface area (Å²) in [6.45, 7) is 0.